The summed E-state index contributed by atoms with van der Waals surface area (Å²) in [7, 11) is 0. The predicted molar refractivity (Wildman–Crippen MR) is 101 cm³/mol. The van der Waals surface area contributed by atoms with Gasteiger partial charge in [0.25, 0.3) is 5.91 Å². The number of nitrogens with one attached hydrogen (secondary N) is 1. The standard InChI is InChI=1S/C20H30N2O5/c1-17(24)27-15-20(25)21-9-6-12-26-19-8-5-7-18(13-19)14-22(16-23)10-3-2-4-11-22/h5,7-8,13,23H,2-4,6,9-12,14-16H2,1H3/p+1. The molecule has 0 spiro atoms. The number of quaternary nitrogens is 1. The van der Waals surface area contributed by atoms with Crippen LogP contribution in [-0.2, 0) is 20.9 Å². The first-order valence-corrected chi connectivity index (χ1v) is 9.61. The zero-order chi connectivity index (χ0) is 19.5. The third-order valence-corrected chi connectivity index (χ3v) is 4.80. The number of ether oxygens (including phenoxy) is 2. The molecule has 27 heavy (non-hydrogen) atoms. The molecule has 0 unspecified atom stereocenters. The van der Waals surface area contributed by atoms with E-state index in [4.69, 9.17) is 4.74 Å². The highest BCUT2D eigenvalue weighted by atomic mass is 16.5. The Bertz CT molecular complexity index is 614. The summed E-state index contributed by atoms with van der Waals surface area (Å²) in [5.41, 5.74) is 1.16. The van der Waals surface area contributed by atoms with Crippen LogP contribution in [0.25, 0.3) is 0 Å². The molecule has 7 heteroatoms. The molecule has 1 heterocycles. The summed E-state index contributed by atoms with van der Waals surface area (Å²) >= 11 is 0. The summed E-state index contributed by atoms with van der Waals surface area (Å²) < 4.78 is 11.1. The van der Waals surface area contributed by atoms with Crippen LogP contribution >= 0.6 is 0 Å². The number of carbonyl (C=O) groups is 2. The van der Waals surface area contributed by atoms with E-state index in [1.807, 2.05) is 18.2 Å². The number of benzene rings is 1. The van der Waals surface area contributed by atoms with E-state index >= 15 is 0 Å². The van der Waals surface area contributed by atoms with Crippen molar-refractivity contribution in [3.63, 3.8) is 0 Å². The molecule has 1 fully saturated rings. The first-order chi connectivity index (χ1) is 13.0. The second-order valence-electron chi connectivity index (χ2n) is 7.13. The summed E-state index contributed by atoms with van der Waals surface area (Å²) in [6, 6.07) is 8.00. The van der Waals surface area contributed by atoms with Gasteiger partial charge in [0.2, 0.25) is 0 Å². The van der Waals surface area contributed by atoms with E-state index in [0.29, 0.717) is 19.6 Å². The Labute approximate surface area is 160 Å². The van der Waals surface area contributed by atoms with Crippen LogP contribution in [0.2, 0.25) is 0 Å². The fraction of sp³-hybridized carbons (Fsp3) is 0.600. The molecule has 2 rings (SSSR count). The molecule has 1 amide bonds. The van der Waals surface area contributed by atoms with Crippen LogP contribution in [0.15, 0.2) is 24.3 Å². The highest BCUT2D eigenvalue weighted by Crippen LogP contribution is 2.23. The Morgan fingerprint density at radius 2 is 2.00 bits per heavy atom. The molecule has 0 atom stereocenters. The smallest absolute Gasteiger partial charge is 0.303 e. The number of nitrogens with zero attached hydrogens (tertiary/aromatic N) is 1. The van der Waals surface area contributed by atoms with E-state index in [-0.39, 0.29) is 19.2 Å². The predicted octanol–water partition coefficient (Wildman–Crippen LogP) is 1.59. The van der Waals surface area contributed by atoms with Crippen molar-refractivity contribution in [2.45, 2.75) is 39.2 Å². The summed E-state index contributed by atoms with van der Waals surface area (Å²) in [6.07, 6.45) is 4.24. The van der Waals surface area contributed by atoms with Crippen molar-refractivity contribution < 1.29 is 28.7 Å². The molecule has 0 aliphatic carbocycles. The summed E-state index contributed by atoms with van der Waals surface area (Å²) in [5.74, 6) is 0.0155. The molecule has 7 nitrogen and oxygen atoms in total. The molecule has 0 bridgehead atoms. The maximum absolute atomic E-state index is 11.4. The average molecular weight is 379 g/mol. The Hall–Kier alpha value is -2.12. The lowest BCUT2D eigenvalue weighted by Crippen LogP contribution is -2.51. The van der Waals surface area contributed by atoms with Crippen LogP contribution in [0.4, 0.5) is 0 Å². The number of carbonyl (C=O) groups excluding carboxylic acids is 2. The minimum Gasteiger partial charge on any atom is -0.494 e. The van der Waals surface area contributed by atoms with Gasteiger partial charge in [-0.15, -0.1) is 0 Å². The Balaban J connectivity index is 1.72. The van der Waals surface area contributed by atoms with E-state index in [0.717, 1.165) is 35.4 Å². The van der Waals surface area contributed by atoms with Crippen LogP contribution in [0.3, 0.4) is 0 Å². The van der Waals surface area contributed by atoms with Crippen molar-refractivity contribution in [1.29, 1.82) is 0 Å². The van der Waals surface area contributed by atoms with E-state index in [2.05, 4.69) is 16.1 Å². The van der Waals surface area contributed by atoms with Gasteiger partial charge in [0.15, 0.2) is 13.3 Å². The second-order valence-corrected chi connectivity index (χ2v) is 7.13. The van der Waals surface area contributed by atoms with Crippen LogP contribution in [0.1, 0.15) is 38.2 Å². The van der Waals surface area contributed by atoms with E-state index < -0.39 is 5.97 Å². The summed E-state index contributed by atoms with van der Waals surface area (Å²) in [4.78, 5) is 22.1. The summed E-state index contributed by atoms with van der Waals surface area (Å²) in [5, 5.41) is 12.5. The van der Waals surface area contributed by atoms with Crippen molar-refractivity contribution in [3.05, 3.63) is 29.8 Å². The van der Waals surface area contributed by atoms with Gasteiger partial charge in [-0.2, -0.15) is 0 Å². The second kappa shape index (κ2) is 10.9. The van der Waals surface area contributed by atoms with Gasteiger partial charge in [-0.25, -0.2) is 0 Å². The number of rotatable bonds is 10. The highest BCUT2D eigenvalue weighted by molar-refractivity contribution is 5.79. The lowest BCUT2D eigenvalue weighted by molar-refractivity contribution is -0.961. The molecule has 0 saturated carbocycles. The van der Waals surface area contributed by atoms with Gasteiger partial charge in [-0.3, -0.25) is 14.1 Å². The Morgan fingerprint density at radius 3 is 2.70 bits per heavy atom. The zero-order valence-electron chi connectivity index (χ0n) is 16.1. The Kier molecular flexibility index (Phi) is 8.54. The first-order valence-electron chi connectivity index (χ1n) is 9.61. The van der Waals surface area contributed by atoms with Gasteiger partial charge >= 0.3 is 5.97 Å². The van der Waals surface area contributed by atoms with Crippen molar-refractivity contribution >= 4 is 11.9 Å². The van der Waals surface area contributed by atoms with Crippen molar-refractivity contribution in [1.82, 2.24) is 5.32 Å². The van der Waals surface area contributed by atoms with Crippen LogP contribution in [0, 0.1) is 0 Å². The fourth-order valence-corrected chi connectivity index (χ4v) is 3.36. The molecule has 1 aromatic carbocycles. The molecule has 150 valence electrons. The van der Waals surface area contributed by atoms with Crippen LogP contribution in [-0.4, -0.2) is 61.0 Å². The minimum absolute atomic E-state index is 0.179. The van der Waals surface area contributed by atoms with Gasteiger partial charge in [0.1, 0.15) is 12.3 Å². The van der Waals surface area contributed by atoms with Gasteiger partial charge in [-0.05, 0) is 37.8 Å². The molecule has 1 aliphatic heterocycles. The van der Waals surface area contributed by atoms with Gasteiger partial charge in [-0.1, -0.05) is 12.1 Å². The molecule has 0 aromatic heterocycles. The number of piperidine rings is 1. The number of aliphatic hydroxyl groups is 1. The highest BCUT2D eigenvalue weighted by Gasteiger charge is 2.29. The molecule has 1 saturated heterocycles. The van der Waals surface area contributed by atoms with Crippen molar-refractivity contribution in [2.75, 3.05) is 39.6 Å². The largest absolute Gasteiger partial charge is 0.494 e. The van der Waals surface area contributed by atoms with Gasteiger partial charge in [0, 0.05) is 19.0 Å². The van der Waals surface area contributed by atoms with E-state index in [1.54, 1.807) is 0 Å². The van der Waals surface area contributed by atoms with Crippen molar-refractivity contribution in [3.8, 4) is 5.75 Å². The normalized spacial score (nSPS) is 15.8. The molecule has 1 aromatic rings. The average Bonchev–Trinajstić information content (AvgIpc) is 2.67. The zero-order valence-corrected chi connectivity index (χ0v) is 16.1. The lowest BCUT2D eigenvalue weighted by Gasteiger charge is -2.39. The number of aliphatic hydroxyl groups excluding tert-OH is 1. The molecule has 1 aliphatic rings. The van der Waals surface area contributed by atoms with Crippen molar-refractivity contribution in [2.24, 2.45) is 0 Å². The first kappa shape index (κ1) is 21.2. The maximum Gasteiger partial charge on any atom is 0.303 e. The number of esters is 1. The van der Waals surface area contributed by atoms with E-state index in [9.17, 15) is 14.7 Å². The minimum atomic E-state index is -0.469. The number of amides is 1. The topological polar surface area (TPSA) is 84.9 Å². The monoisotopic (exact) mass is 379 g/mol. The lowest BCUT2D eigenvalue weighted by atomic mass is 10.1. The van der Waals surface area contributed by atoms with Gasteiger partial charge in [0.05, 0.1) is 19.7 Å². The summed E-state index contributed by atoms with van der Waals surface area (Å²) in [6.45, 7) is 5.01. The SMILES string of the molecule is CC(=O)OCC(=O)NCCCOc1cccc(C[N+]2(CO)CCCCC2)c1. The molecule has 2 N–H and O–H groups in total. The number of hydrogen-bond donors (Lipinski definition) is 2. The van der Waals surface area contributed by atoms with Crippen LogP contribution < -0.4 is 10.1 Å². The molecule has 0 radical (unpaired) electrons. The fourth-order valence-electron chi connectivity index (χ4n) is 3.36. The third kappa shape index (κ3) is 7.56. The third-order valence-electron chi connectivity index (χ3n) is 4.80. The molecular weight excluding hydrogens is 348 g/mol. The maximum atomic E-state index is 11.4. The Morgan fingerprint density at radius 1 is 1.22 bits per heavy atom. The van der Waals surface area contributed by atoms with Crippen LogP contribution in [0.5, 0.6) is 5.75 Å². The number of likely N-dealkylation sites (tertiary alicyclic amines) is 1. The van der Waals surface area contributed by atoms with E-state index in [1.165, 1.54) is 26.2 Å². The van der Waals surface area contributed by atoms with Gasteiger partial charge < -0.3 is 19.9 Å². The number of hydrogen-bond acceptors (Lipinski definition) is 5. The molecular formula is C20H31N2O5+. The quantitative estimate of drug-likeness (QED) is 0.366.